The van der Waals surface area contributed by atoms with Crippen molar-refractivity contribution in [3.63, 3.8) is 0 Å². The molecule has 0 aliphatic heterocycles. The van der Waals surface area contributed by atoms with E-state index in [1.54, 1.807) is 24.3 Å². The van der Waals surface area contributed by atoms with Gasteiger partial charge < -0.3 is 5.11 Å². The number of carboxylic acid groups (broad SMARTS) is 1. The van der Waals surface area contributed by atoms with Crippen molar-refractivity contribution in [2.24, 2.45) is 5.92 Å². The number of carbonyl (C=O) groups is 1. The normalized spacial score (nSPS) is 16.3. The van der Waals surface area contributed by atoms with E-state index >= 15 is 0 Å². The lowest BCUT2D eigenvalue weighted by Gasteiger charge is -2.21. The summed E-state index contributed by atoms with van der Waals surface area (Å²) in [4.78, 5) is 12.0. The van der Waals surface area contributed by atoms with Crippen LogP contribution in [0.3, 0.4) is 0 Å². The number of rotatable bonds is 10. The molecule has 0 spiro atoms. The highest BCUT2D eigenvalue weighted by molar-refractivity contribution is 7.92. The Labute approximate surface area is 145 Å². The number of sulfone groups is 1. The molecule has 1 aliphatic rings. The highest BCUT2D eigenvalue weighted by atomic mass is 32.2. The Morgan fingerprint density at radius 1 is 1.12 bits per heavy atom. The molecule has 1 saturated carbocycles. The highest BCUT2D eigenvalue weighted by Crippen LogP contribution is 2.35. The molecule has 134 valence electrons. The lowest BCUT2D eigenvalue weighted by molar-refractivity contribution is -0.139. The largest absolute Gasteiger partial charge is 0.481 e. The van der Waals surface area contributed by atoms with Crippen molar-refractivity contribution in [3.8, 4) is 0 Å². The lowest BCUT2D eigenvalue weighted by Crippen LogP contribution is -2.17. The summed E-state index contributed by atoms with van der Waals surface area (Å²) in [5.41, 5.74) is 0.703. The molecule has 0 bridgehead atoms. The summed E-state index contributed by atoms with van der Waals surface area (Å²) in [5, 5.41) is 9.38. The zero-order chi connectivity index (χ0) is 17.7. The lowest BCUT2D eigenvalue weighted by atomic mass is 9.84. The molecule has 1 aromatic rings. The van der Waals surface area contributed by atoms with Crippen LogP contribution in [0.5, 0.6) is 0 Å². The van der Waals surface area contributed by atoms with E-state index in [0.29, 0.717) is 22.8 Å². The van der Waals surface area contributed by atoms with Crippen LogP contribution in [0, 0.1) is 5.92 Å². The predicted octanol–water partition coefficient (Wildman–Crippen LogP) is 4.40. The molecule has 1 aliphatic carbocycles. The van der Waals surface area contributed by atoms with Gasteiger partial charge in [-0.15, -0.1) is 0 Å². The molecule has 1 atom stereocenters. The van der Waals surface area contributed by atoms with Gasteiger partial charge in [-0.25, -0.2) is 8.42 Å². The van der Waals surface area contributed by atoms with Crippen LogP contribution in [0.2, 0.25) is 0 Å². The molecule has 0 radical (unpaired) electrons. The standard InChI is InChI=1S/C19H28O4S/c1-3-5-14(6-4-2)13-18(19(20)21)15-7-9-16(10-8-15)24(22,23)17-11-12-17/h7-10,14,17-18H,3-6,11-13H2,1-2H3,(H,20,21)/t18-/m1/s1. The van der Waals surface area contributed by atoms with Crippen LogP contribution in [0.25, 0.3) is 0 Å². The summed E-state index contributed by atoms with van der Waals surface area (Å²) in [6.07, 6.45) is 6.25. The first-order valence-corrected chi connectivity index (χ1v) is 10.5. The molecule has 0 heterocycles. The molecule has 2 rings (SSSR count). The molecule has 0 aromatic heterocycles. The second kappa shape index (κ2) is 8.15. The fourth-order valence-electron chi connectivity index (χ4n) is 3.37. The van der Waals surface area contributed by atoms with Gasteiger partial charge in [-0.05, 0) is 42.9 Å². The number of benzene rings is 1. The molecule has 1 fully saturated rings. The van der Waals surface area contributed by atoms with E-state index in [1.165, 1.54) is 0 Å². The minimum atomic E-state index is -3.22. The zero-order valence-corrected chi connectivity index (χ0v) is 15.4. The van der Waals surface area contributed by atoms with Crippen molar-refractivity contribution in [2.75, 3.05) is 0 Å². The van der Waals surface area contributed by atoms with Crippen LogP contribution >= 0.6 is 0 Å². The van der Waals surface area contributed by atoms with E-state index in [1.807, 2.05) is 0 Å². The molecule has 5 heteroatoms. The summed E-state index contributed by atoms with van der Waals surface area (Å²) in [7, 11) is -3.22. The Balaban J connectivity index is 2.17. The van der Waals surface area contributed by atoms with Crippen LogP contribution in [0.4, 0.5) is 0 Å². The maximum absolute atomic E-state index is 12.2. The van der Waals surface area contributed by atoms with Gasteiger partial charge in [0.2, 0.25) is 0 Å². The fourth-order valence-corrected chi connectivity index (χ4v) is 5.03. The third-order valence-corrected chi connectivity index (χ3v) is 7.11. The monoisotopic (exact) mass is 352 g/mol. The molecular formula is C19H28O4S. The Hall–Kier alpha value is -1.36. The average molecular weight is 352 g/mol. The first-order valence-electron chi connectivity index (χ1n) is 8.96. The van der Waals surface area contributed by atoms with E-state index in [4.69, 9.17) is 0 Å². The van der Waals surface area contributed by atoms with Crippen molar-refractivity contribution in [3.05, 3.63) is 29.8 Å². The number of carboxylic acids is 1. The summed E-state index contributed by atoms with van der Waals surface area (Å²) in [6, 6.07) is 6.52. The SMILES string of the molecule is CCCC(CCC)C[C@@H](C(=O)O)c1ccc(S(=O)(=O)C2CC2)cc1. The molecule has 1 N–H and O–H groups in total. The van der Waals surface area contributed by atoms with Crippen LogP contribution in [0.15, 0.2) is 29.2 Å². The van der Waals surface area contributed by atoms with Gasteiger partial charge in [0.1, 0.15) is 0 Å². The van der Waals surface area contributed by atoms with Gasteiger partial charge in [-0.3, -0.25) is 4.79 Å². The van der Waals surface area contributed by atoms with Gasteiger partial charge in [0.15, 0.2) is 9.84 Å². The van der Waals surface area contributed by atoms with Crippen LogP contribution < -0.4 is 0 Å². The van der Waals surface area contributed by atoms with Crippen molar-refractivity contribution in [2.45, 2.75) is 74.9 Å². The quantitative estimate of drug-likeness (QED) is 0.677. The van der Waals surface area contributed by atoms with Gasteiger partial charge in [0.25, 0.3) is 0 Å². The van der Waals surface area contributed by atoms with E-state index in [9.17, 15) is 18.3 Å². The third-order valence-electron chi connectivity index (χ3n) is 4.84. The molecule has 0 saturated heterocycles. The van der Waals surface area contributed by atoms with Crippen LogP contribution in [-0.2, 0) is 14.6 Å². The Kier molecular flexibility index (Phi) is 6.44. The third kappa shape index (κ3) is 4.59. The molecule has 0 unspecified atom stereocenters. The first kappa shape index (κ1) is 19.0. The van der Waals surface area contributed by atoms with E-state index < -0.39 is 21.7 Å². The highest BCUT2D eigenvalue weighted by Gasteiger charge is 2.37. The number of aliphatic carboxylic acids is 1. The minimum Gasteiger partial charge on any atom is -0.481 e. The maximum Gasteiger partial charge on any atom is 0.310 e. The zero-order valence-electron chi connectivity index (χ0n) is 14.6. The van der Waals surface area contributed by atoms with Gasteiger partial charge in [0, 0.05) is 0 Å². The first-order chi connectivity index (χ1) is 11.4. The predicted molar refractivity (Wildman–Crippen MR) is 94.9 cm³/mol. The Bertz CT molecular complexity index is 638. The number of hydrogen-bond acceptors (Lipinski definition) is 3. The van der Waals surface area contributed by atoms with Crippen molar-refractivity contribution >= 4 is 15.8 Å². The maximum atomic E-state index is 12.2. The molecule has 0 amide bonds. The second-order valence-electron chi connectivity index (χ2n) is 6.88. The molecule has 4 nitrogen and oxygen atoms in total. The van der Waals surface area contributed by atoms with Gasteiger partial charge in [-0.2, -0.15) is 0 Å². The topological polar surface area (TPSA) is 71.4 Å². The Morgan fingerprint density at radius 2 is 1.67 bits per heavy atom. The van der Waals surface area contributed by atoms with Crippen molar-refractivity contribution in [1.29, 1.82) is 0 Å². The Morgan fingerprint density at radius 3 is 2.08 bits per heavy atom. The summed E-state index contributed by atoms with van der Waals surface area (Å²) < 4.78 is 24.5. The van der Waals surface area contributed by atoms with Gasteiger partial charge in [0.05, 0.1) is 16.1 Å². The van der Waals surface area contributed by atoms with E-state index in [-0.39, 0.29) is 5.25 Å². The van der Waals surface area contributed by atoms with Gasteiger partial charge >= 0.3 is 5.97 Å². The number of hydrogen-bond donors (Lipinski definition) is 1. The van der Waals surface area contributed by atoms with Crippen LogP contribution in [0.1, 0.15) is 70.3 Å². The van der Waals surface area contributed by atoms with Crippen molar-refractivity contribution < 1.29 is 18.3 Å². The van der Waals surface area contributed by atoms with Crippen LogP contribution in [-0.4, -0.2) is 24.7 Å². The summed E-state index contributed by atoms with van der Waals surface area (Å²) in [5.74, 6) is -0.994. The smallest absolute Gasteiger partial charge is 0.310 e. The summed E-state index contributed by atoms with van der Waals surface area (Å²) in [6.45, 7) is 4.24. The fraction of sp³-hybridized carbons (Fsp3) is 0.632. The van der Waals surface area contributed by atoms with Crippen molar-refractivity contribution in [1.82, 2.24) is 0 Å². The second-order valence-corrected chi connectivity index (χ2v) is 9.11. The molecular weight excluding hydrogens is 324 g/mol. The summed E-state index contributed by atoms with van der Waals surface area (Å²) >= 11 is 0. The van der Waals surface area contributed by atoms with Gasteiger partial charge in [-0.1, -0.05) is 51.7 Å². The average Bonchev–Trinajstić information content (AvgIpc) is 3.38. The van der Waals surface area contributed by atoms with E-state index in [0.717, 1.165) is 38.5 Å². The minimum absolute atomic E-state index is 0.239. The van der Waals surface area contributed by atoms with E-state index in [2.05, 4.69) is 13.8 Å². The molecule has 24 heavy (non-hydrogen) atoms. The molecule has 1 aromatic carbocycles.